The van der Waals surface area contributed by atoms with Crippen molar-refractivity contribution in [3.63, 3.8) is 0 Å². The van der Waals surface area contributed by atoms with Crippen LogP contribution >= 0.6 is 15.9 Å². The quantitative estimate of drug-likeness (QED) is 0.621. The van der Waals surface area contributed by atoms with Crippen molar-refractivity contribution in [3.8, 4) is 5.75 Å². The number of carbonyl (C=O) groups is 1. The highest BCUT2D eigenvalue weighted by Crippen LogP contribution is 2.13. The monoisotopic (exact) mass is 315 g/mol. The molecule has 0 bridgehead atoms. The van der Waals surface area contributed by atoms with Gasteiger partial charge in [-0.15, -0.1) is 0 Å². The molecule has 0 aromatic heterocycles. The number of halogens is 1. The third-order valence-corrected chi connectivity index (χ3v) is 2.39. The fraction of sp³-hybridized carbons (Fsp3) is 0.462. The van der Waals surface area contributed by atoms with Gasteiger partial charge in [0.05, 0.1) is 12.7 Å². The Bertz CT molecular complexity index is 382. The minimum Gasteiger partial charge on any atom is -0.482 e. The SMILES string of the molecule is CC(C)OCCNC(=O)c1cccc(OCBr)c1. The lowest BCUT2D eigenvalue weighted by molar-refractivity contribution is 0.0746. The van der Waals surface area contributed by atoms with E-state index in [2.05, 4.69) is 21.2 Å². The zero-order valence-corrected chi connectivity index (χ0v) is 12.2. The van der Waals surface area contributed by atoms with E-state index in [1.165, 1.54) is 0 Å². The van der Waals surface area contributed by atoms with Crippen LogP contribution in [0.3, 0.4) is 0 Å². The Morgan fingerprint density at radius 3 is 2.89 bits per heavy atom. The van der Waals surface area contributed by atoms with Crippen LogP contribution < -0.4 is 10.1 Å². The largest absolute Gasteiger partial charge is 0.482 e. The summed E-state index contributed by atoms with van der Waals surface area (Å²) in [4.78, 5) is 11.8. The highest BCUT2D eigenvalue weighted by atomic mass is 79.9. The molecule has 5 heteroatoms. The summed E-state index contributed by atoms with van der Waals surface area (Å²) in [6, 6.07) is 7.05. The highest BCUT2D eigenvalue weighted by molar-refractivity contribution is 9.09. The molecular weight excluding hydrogens is 298 g/mol. The van der Waals surface area contributed by atoms with Crippen molar-refractivity contribution in [2.45, 2.75) is 20.0 Å². The molecule has 0 aliphatic carbocycles. The van der Waals surface area contributed by atoms with Crippen molar-refractivity contribution in [1.82, 2.24) is 5.32 Å². The molecule has 0 atom stereocenters. The molecule has 0 saturated carbocycles. The van der Waals surface area contributed by atoms with Gasteiger partial charge in [0.2, 0.25) is 0 Å². The second-order valence-corrected chi connectivity index (χ2v) is 4.41. The van der Waals surface area contributed by atoms with Crippen LogP contribution in [-0.2, 0) is 4.74 Å². The van der Waals surface area contributed by atoms with E-state index in [1.807, 2.05) is 13.8 Å². The molecule has 0 heterocycles. The van der Waals surface area contributed by atoms with Gasteiger partial charge in [0.1, 0.15) is 11.3 Å². The van der Waals surface area contributed by atoms with Gasteiger partial charge in [-0.05, 0) is 48.0 Å². The molecule has 0 spiro atoms. The zero-order valence-electron chi connectivity index (χ0n) is 10.6. The number of hydrogen-bond acceptors (Lipinski definition) is 3. The maximum atomic E-state index is 11.8. The predicted molar refractivity (Wildman–Crippen MR) is 74.3 cm³/mol. The molecule has 0 radical (unpaired) electrons. The van der Waals surface area contributed by atoms with E-state index in [4.69, 9.17) is 9.47 Å². The fourth-order valence-electron chi connectivity index (χ4n) is 1.35. The molecule has 0 aliphatic heterocycles. The number of amides is 1. The summed E-state index contributed by atoms with van der Waals surface area (Å²) < 4.78 is 10.6. The molecular formula is C13H18BrNO3. The van der Waals surface area contributed by atoms with Crippen LogP contribution in [0, 0.1) is 0 Å². The van der Waals surface area contributed by atoms with Crippen LogP contribution in [0.2, 0.25) is 0 Å². The van der Waals surface area contributed by atoms with Crippen LogP contribution in [0.5, 0.6) is 5.75 Å². The molecule has 0 aliphatic rings. The standard InChI is InChI=1S/C13H18BrNO3/c1-10(2)17-7-6-15-13(16)11-4-3-5-12(8-11)18-9-14/h3-5,8,10H,6-7,9H2,1-2H3,(H,15,16). The third-order valence-electron chi connectivity index (χ3n) is 2.16. The summed E-state index contributed by atoms with van der Waals surface area (Å²) in [5, 5.41) is 2.79. The summed E-state index contributed by atoms with van der Waals surface area (Å²) in [5.74, 6) is 0.542. The van der Waals surface area contributed by atoms with Crippen LogP contribution in [-0.4, -0.2) is 30.7 Å². The first-order chi connectivity index (χ1) is 8.63. The molecule has 1 aromatic rings. The van der Waals surface area contributed by atoms with Crippen molar-refractivity contribution in [1.29, 1.82) is 0 Å². The fourth-order valence-corrected chi connectivity index (χ4v) is 1.62. The minimum absolute atomic E-state index is 0.123. The first-order valence-corrected chi connectivity index (χ1v) is 6.94. The first kappa shape index (κ1) is 15.0. The number of alkyl halides is 1. The Hall–Kier alpha value is -1.07. The van der Waals surface area contributed by atoms with E-state index in [-0.39, 0.29) is 12.0 Å². The first-order valence-electron chi connectivity index (χ1n) is 5.82. The summed E-state index contributed by atoms with van der Waals surface area (Å²) in [6.45, 7) is 4.94. The van der Waals surface area contributed by atoms with Gasteiger partial charge in [-0.1, -0.05) is 6.07 Å². The molecule has 18 heavy (non-hydrogen) atoms. The molecule has 1 amide bonds. The van der Waals surface area contributed by atoms with Crippen LogP contribution in [0.4, 0.5) is 0 Å². The Morgan fingerprint density at radius 2 is 2.22 bits per heavy atom. The number of nitrogens with one attached hydrogen (secondary N) is 1. The van der Waals surface area contributed by atoms with Gasteiger partial charge in [-0.25, -0.2) is 0 Å². The number of carbonyl (C=O) groups excluding carboxylic acids is 1. The smallest absolute Gasteiger partial charge is 0.251 e. The van der Waals surface area contributed by atoms with Crippen molar-refractivity contribution >= 4 is 21.8 Å². The van der Waals surface area contributed by atoms with Crippen molar-refractivity contribution < 1.29 is 14.3 Å². The lowest BCUT2D eigenvalue weighted by atomic mass is 10.2. The van der Waals surface area contributed by atoms with Gasteiger partial charge < -0.3 is 14.8 Å². The number of benzene rings is 1. The summed E-state index contributed by atoms with van der Waals surface area (Å²) in [5.41, 5.74) is 0.985. The Morgan fingerprint density at radius 1 is 1.44 bits per heavy atom. The van der Waals surface area contributed by atoms with Gasteiger partial charge in [-0.2, -0.15) is 0 Å². The van der Waals surface area contributed by atoms with Crippen molar-refractivity contribution in [3.05, 3.63) is 29.8 Å². The second-order valence-electron chi connectivity index (χ2n) is 3.96. The lowest BCUT2D eigenvalue weighted by Gasteiger charge is -2.09. The van der Waals surface area contributed by atoms with Crippen molar-refractivity contribution in [2.75, 3.05) is 18.7 Å². The summed E-state index contributed by atoms with van der Waals surface area (Å²) >= 11 is 3.17. The Labute approximate surface area is 116 Å². The zero-order chi connectivity index (χ0) is 13.4. The van der Waals surface area contributed by atoms with E-state index in [9.17, 15) is 4.79 Å². The van der Waals surface area contributed by atoms with Gasteiger partial charge in [0.15, 0.2) is 0 Å². The van der Waals surface area contributed by atoms with Crippen LogP contribution in [0.15, 0.2) is 24.3 Å². The Kier molecular flexibility index (Phi) is 6.75. The topological polar surface area (TPSA) is 47.6 Å². The average Bonchev–Trinajstić information content (AvgIpc) is 2.35. The molecule has 0 unspecified atom stereocenters. The average molecular weight is 316 g/mol. The van der Waals surface area contributed by atoms with E-state index in [1.54, 1.807) is 24.3 Å². The molecule has 100 valence electrons. The molecule has 0 saturated heterocycles. The summed E-state index contributed by atoms with van der Waals surface area (Å²) in [6.07, 6.45) is 0.178. The van der Waals surface area contributed by atoms with Gasteiger partial charge >= 0.3 is 0 Å². The highest BCUT2D eigenvalue weighted by Gasteiger charge is 2.06. The molecule has 4 nitrogen and oxygen atoms in total. The molecule has 1 rings (SSSR count). The van der Waals surface area contributed by atoms with Crippen LogP contribution in [0.1, 0.15) is 24.2 Å². The van der Waals surface area contributed by atoms with Gasteiger partial charge in [0, 0.05) is 12.1 Å². The van der Waals surface area contributed by atoms with Gasteiger partial charge in [0.25, 0.3) is 5.91 Å². The Balaban J connectivity index is 2.43. The number of ether oxygens (including phenoxy) is 2. The van der Waals surface area contributed by atoms with Gasteiger partial charge in [-0.3, -0.25) is 4.79 Å². The van der Waals surface area contributed by atoms with E-state index in [0.29, 0.717) is 30.0 Å². The van der Waals surface area contributed by atoms with Crippen molar-refractivity contribution in [2.24, 2.45) is 0 Å². The third kappa shape index (κ3) is 5.51. The lowest BCUT2D eigenvalue weighted by Crippen LogP contribution is -2.28. The van der Waals surface area contributed by atoms with Crippen LogP contribution in [0.25, 0.3) is 0 Å². The van der Waals surface area contributed by atoms with E-state index in [0.717, 1.165) is 0 Å². The maximum absolute atomic E-state index is 11.8. The maximum Gasteiger partial charge on any atom is 0.251 e. The molecule has 1 N–H and O–H groups in total. The number of hydrogen-bond donors (Lipinski definition) is 1. The molecule has 1 aromatic carbocycles. The molecule has 0 fully saturated rings. The summed E-state index contributed by atoms with van der Waals surface area (Å²) in [7, 11) is 0. The predicted octanol–water partition coefficient (Wildman–Crippen LogP) is 2.57. The van der Waals surface area contributed by atoms with E-state index < -0.39 is 0 Å². The van der Waals surface area contributed by atoms with E-state index >= 15 is 0 Å². The second kappa shape index (κ2) is 8.11. The normalized spacial score (nSPS) is 10.4. The number of rotatable bonds is 7. The minimum atomic E-state index is -0.123.